The van der Waals surface area contributed by atoms with Gasteiger partial charge in [0.05, 0.1) is 23.0 Å². The fraction of sp³-hybridized carbons (Fsp3) is 0.0588. The number of thioether (sulfide) groups is 1. The molecule has 0 amide bonds. The van der Waals surface area contributed by atoms with Crippen molar-refractivity contribution in [1.82, 2.24) is 20.1 Å². The summed E-state index contributed by atoms with van der Waals surface area (Å²) in [6, 6.07) is 17.6. The fourth-order valence-electron chi connectivity index (χ4n) is 2.16. The number of nitrogens with zero attached hydrogens (tertiary/aromatic N) is 4. The molecule has 4 rings (SSSR count). The molecule has 0 aliphatic rings. The molecule has 0 saturated heterocycles. The Morgan fingerprint density at radius 1 is 0.870 bits per heavy atom. The molecule has 2 heterocycles. The van der Waals surface area contributed by atoms with E-state index >= 15 is 0 Å². The molecule has 0 aliphatic carbocycles. The zero-order valence-electron chi connectivity index (χ0n) is 12.1. The summed E-state index contributed by atoms with van der Waals surface area (Å²) in [5.41, 5.74) is 2.71. The molecule has 0 aliphatic heterocycles. The summed E-state index contributed by atoms with van der Waals surface area (Å²) in [6.07, 6.45) is 1.77. The van der Waals surface area contributed by atoms with E-state index < -0.39 is 0 Å². The lowest BCUT2D eigenvalue weighted by Gasteiger charge is -1.99. The number of benzene rings is 2. The standard InChI is InChI=1S/C17H12N4OS/c1-2-6-12(7-3-1)17-20-15(22-21-17)11-23-16-10-18-13-8-4-5-9-14(13)19-16/h1-10H,11H2. The summed E-state index contributed by atoms with van der Waals surface area (Å²) in [6.45, 7) is 0. The molecule has 2 aromatic heterocycles. The lowest BCUT2D eigenvalue weighted by atomic mass is 10.2. The lowest BCUT2D eigenvalue weighted by molar-refractivity contribution is 0.391. The molecule has 6 heteroatoms. The minimum Gasteiger partial charge on any atom is -0.338 e. The van der Waals surface area contributed by atoms with Crippen LogP contribution in [0.15, 0.2) is 70.3 Å². The van der Waals surface area contributed by atoms with Crippen molar-refractivity contribution in [3.05, 3.63) is 66.7 Å². The third kappa shape index (κ3) is 3.07. The molecular formula is C17H12N4OS. The normalized spacial score (nSPS) is 11.0. The van der Waals surface area contributed by atoms with Gasteiger partial charge in [0.1, 0.15) is 5.03 Å². The molecule has 4 aromatic rings. The van der Waals surface area contributed by atoms with Crippen molar-refractivity contribution in [1.29, 1.82) is 0 Å². The van der Waals surface area contributed by atoms with Crippen molar-refractivity contribution in [3.8, 4) is 11.4 Å². The van der Waals surface area contributed by atoms with Gasteiger partial charge in [-0.25, -0.2) is 4.98 Å². The van der Waals surface area contributed by atoms with Crippen molar-refractivity contribution in [2.45, 2.75) is 10.8 Å². The van der Waals surface area contributed by atoms with Gasteiger partial charge in [0.2, 0.25) is 11.7 Å². The first-order chi connectivity index (χ1) is 11.4. The Balaban J connectivity index is 1.49. The Bertz CT molecular complexity index is 939. The Morgan fingerprint density at radius 3 is 2.52 bits per heavy atom. The van der Waals surface area contributed by atoms with Gasteiger partial charge in [0, 0.05) is 5.56 Å². The van der Waals surface area contributed by atoms with Crippen molar-refractivity contribution in [2.75, 3.05) is 0 Å². The van der Waals surface area contributed by atoms with E-state index in [-0.39, 0.29) is 0 Å². The Kier molecular flexibility index (Phi) is 3.73. The minimum atomic E-state index is 0.562. The maximum absolute atomic E-state index is 5.30. The molecule has 112 valence electrons. The van der Waals surface area contributed by atoms with E-state index in [9.17, 15) is 0 Å². The van der Waals surface area contributed by atoms with Gasteiger partial charge in [-0.3, -0.25) is 4.98 Å². The zero-order chi connectivity index (χ0) is 15.5. The second-order valence-electron chi connectivity index (χ2n) is 4.86. The van der Waals surface area contributed by atoms with Gasteiger partial charge >= 0.3 is 0 Å². The SMILES string of the molecule is c1ccc(-c2noc(CSc3cnc4ccccc4n3)n2)cc1. The highest BCUT2D eigenvalue weighted by atomic mass is 32.2. The van der Waals surface area contributed by atoms with Crippen LogP contribution in [0.5, 0.6) is 0 Å². The number of rotatable bonds is 4. The zero-order valence-corrected chi connectivity index (χ0v) is 12.9. The highest BCUT2D eigenvalue weighted by Crippen LogP contribution is 2.23. The van der Waals surface area contributed by atoms with Crippen LogP contribution in [0.2, 0.25) is 0 Å². The average molecular weight is 320 g/mol. The first-order valence-electron chi connectivity index (χ1n) is 7.11. The van der Waals surface area contributed by atoms with Crippen LogP contribution >= 0.6 is 11.8 Å². The minimum absolute atomic E-state index is 0.562. The number of fused-ring (bicyclic) bond motifs is 1. The Labute approximate surface area is 136 Å². The quantitative estimate of drug-likeness (QED) is 0.530. The number of aromatic nitrogens is 4. The number of hydrogen-bond donors (Lipinski definition) is 0. The van der Waals surface area contributed by atoms with Gasteiger partial charge in [-0.2, -0.15) is 4.98 Å². The predicted octanol–water partition coefficient (Wildman–Crippen LogP) is 3.97. The fourth-order valence-corrected chi connectivity index (χ4v) is 2.84. The molecule has 0 spiro atoms. The molecule has 0 unspecified atom stereocenters. The maximum Gasteiger partial charge on any atom is 0.237 e. The summed E-state index contributed by atoms with van der Waals surface area (Å²) < 4.78 is 5.30. The van der Waals surface area contributed by atoms with E-state index in [1.54, 1.807) is 6.20 Å². The third-order valence-electron chi connectivity index (χ3n) is 3.27. The summed E-state index contributed by atoms with van der Waals surface area (Å²) in [5.74, 6) is 1.74. The summed E-state index contributed by atoms with van der Waals surface area (Å²) in [5, 5.41) is 4.85. The second kappa shape index (κ2) is 6.18. The van der Waals surface area contributed by atoms with Crippen LogP contribution in [0.25, 0.3) is 22.4 Å². The summed E-state index contributed by atoms with van der Waals surface area (Å²) >= 11 is 1.53. The van der Waals surface area contributed by atoms with E-state index in [0.29, 0.717) is 17.5 Å². The van der Waals surface area contributed by atoms with Crippen molar-refractivity contribution in [3.63, 3.8) is 0 Å². The van der Waals surface area contributed by atoms with Gasteiger partial charge in [-0.05, 0) is 12.1 Å². The molecule has 0 radical (unpaired) electrons. The molecule has 0 saturated carbocycles. The van der Waals surface area contributed by atoms with Gasteiger partial charge < -0.3 is 4.52 Å². The van der Waals surface area contributed by atoms with Gasteiger partial charge in [-0.1, -0.05) is 59.4 Å². The van der Waals surface area contributed by atoms with Crippen LogP contribution < -0.4 is 0 Å². The average Bonchev–Trinajstić information content (AvgIpc) is 3.10. The highest BCUT2D eigenvalue weighted by Gasteiger charge is 2.09. The molecule has 0 bridgehead atoms. The predicted molar refractivity (Wildman–Crippen MR) is 88.8 cm³/mol. The van der Waals surface area contributed by atoms with Crippen molar-refractivity contribution in [2.24, 2.45) is 0 Å². The number of para-hydroxylation sites is 2. The van der Waals surface area contributed by atoms with Crippen LogP contribution in [0.4, 0.5) is 0 Å². The van der Waals surface area contributed by atoms with Gasteiger partial charge in [0.25, 0.3) is 0 Å². The van der Waals surface area contributed by atoms with Crippen LogP contribution in [-0.4, -0.2) is 20.1 Å². The molecule has 0 atom stereocenters. The largest absolute Gasteiger partial charge is 0.338 e. The third-order valence-corrected chi connectivity index (χ3v) is 4.15. The van der Waals surface area contributed by atoms with Crippen molar-refractivity contribution < 1.29 is 4.52 Å². The van der Waals surface area contributed by atoms with Gasteiger partial charge in [0.15, 0.2) is 0 Å². The molecule has 23 heavy (non-hydrogen) atoms. The first-order valence-corrected chi connectivity index (χ1v) is 8.10. The molecule has 0 N–H and O–H groups in total. The summed E-state index contributed by atoms with van der Waals surface area (Å²) in [7, 11) is 0. The van der Waals surface area contributed by atoms with E-state index in [1.807, 2.05) is 54.6 Å². The molecular weight excluding hydrogens is 308 g/mol. The van der Waals surface area contributed by atoms with Crippen molar-refractivity contribution >= 4 is 22.8 Å². The van der Waals surface area contributed by atoms with Crippen LogP contribution in [0.3, 0.4) is 0 Å². The molecule has 2 aromatic carbocycles. The molecule has 5 nitrogen and oxygen atoms in total. The topological polar surface area (TPSA) is 64.7 Å². The molecule has 0 fully saturated rings. The smallest absolute Gasteiger partial charge is 0.237 e. The monoisotopic (exact) mass is 320 g/mol. The Morgan fingerprint density at radius 2 is 1.65 bits per heavy atom. The maximum atomic E-state index is 5.30. The Hall–Kier alpha value is -2.73. The lowest BCUT2D eigenvalue weighted by Crippen LogP contribution is -1.88. The van der Waals surface area contributed by atoms with Crippen LogP contribution in [-0.2, 0) is 5.75 Å². The van der Waals surface area contributed by atoms with Crippen LogP contribution in [0, 0.1) is 0 Å². The number of hydrogen-bond acceptors (Lipinski definition) is 6. The van der Waals surface area contributed by atoms with E-state index in [2.05, 4.69) is 20.1 Å². The second-order valence-corrected chi connectivity index (χ2v) is 5.86. The van der Waals surface area contributed by atoms with E-state index in [0.717, 1.165) is 21.6 Å². The van der Waals surface area contributed by atoms with E-state index in [4.69, 9.17) is 4.52 Å². The highest BCUT2D eigenvalue weighted by molar-refractivity contribution is 7.98. The first kappa shape index (κ1) is 13.9. The van der Waals surface area contributed by atoms with Crippen LogP contribution in [0.1, 0.15) is 5.89 Å². The van der Waals surface area contributed by atoms with Gasteiger partial charge in [-0.15, -0.1) is 0 Å². The summed E-state index contributed by atoms with van der Waals surface area (Å²) in [4.78, 5) is 13.4. The van der Waals surface area contributed by atoms with E-state index in [1.165, 1.54) is 11.8 Å².